The Hall–Kier alpha value is -0.926. The molecule has 0 unspecified atom stereocenters. The molecule has 0 aromatic heterocycles. The van der Waals surface area contributed by atoms with E-state index in [1.165, 1.54) is 0 Å². The molecule has 0 spiro atoms. The van der Waals surface area contributed by atoms with Gasteiger partial charge in [-0.1, -0.05) is 0 Å². The van der Waals surface area contributed by atoms with Crippen molar-refractivity contribution in [2.24, 2.45) is 0 Å². The Morgan fingerprint density at radius 1 is 1.50 bits per heavy atom. The molecule has 0 bridgehead atoms. The van der Waals surface area contributed by atoms with E-state index in [9.17, 15) is 4.79 Å². The number of rotatable bonds is 2. The second-order valence-corrected chi connectivity index (χ2v) is 5.15. The molecular weight excluding hydrogens is 277 g/mol. The first-order chi connectivity index (χ1) is 7.92. The van der Waals surface area contributed by atoms with Crippen LogP contribution >= 0.6 is 0 Å². The Balaban J connectivity index is 0.00000289. The molecule has 1 heterocycles. The van der Waals surface area contributed by atoms with Crippen LogP contribution in [0.2, 0.25) is 0 Å². The van der Waals surface area contributed by atoms with Crippen molar-refractivity contribution in [1.29, 1.82) is 0 Å². The molecule has 1 aliphatic heterocycles. The number of allylic oxidation sites excluding steroid dienone is 1. The van der Waals surface area contributed by atoms with Crippen LogP contribution in [0.1, 0.15) is 27.2 Å². The number of carbonyl (C=O) groups is 1. The fourth-order valence-corrected chi connectivity index (χ4v) is 1.53. The van der Waals surface area contributed by atoms with E-state index in [2.05, 4.69) is 21.1 Å². The van der Waals surface area contributed by atoms with Crippen molar-refractivity contribution < 1.29 is 30.0 Å². The number of amides is 1. The van der Waals surface area contributed by atoms with E-state index in [0.717, 1.165) is 12.0 Å². The number of ether oxygens (including phenoxy) is 1. The number of hydrogen-bond acceptors (Lipinski definition) is 3. The van der Waals surface area contributed by atoms with Crippen molar-refractivity contribution >= 4 is 11.1 Å². The summed E-state index contributed by atoms with van der Waals surface area (Å²) in [6, 6.07) is 0. The predicted octanol–water partition coefficient (Wildman–Crippen LogP) is 2.09. The SMILES string of the molecule is CC(C)(C)OC(=O)N1CC[C-]=C(/C=C\[CH]=[Ni])C1.[OH-]. The van der Waals surface area contributed by atoms with E-state index >= 15 is 0 Å². The summed E-state index contributed by atoms with van der Waals surface area (Å²) in [5.74, 6) is 0. The van der Waals surface area contributed by atoms with Crippen molar-refractivity contribution in [2.75, 3.05) is 13.1 Å². The second-order valence-electron chi connectivity index (χ2n) is 4.82. The van der Waals surface area contributed by atoms with Gasteiger partial charge in [-0.25, -0.2) is 0 Å². The third-order valence-electron chi connectivity index (χ3n) is 2.10. The van der Waals surface area contributed by atoms with Gasteiger partial charge in [0.25, 0.3) is 0 Å². The van der Waals surface area contributed by atoms with Crippen molar-refractivity contribution in [3.05, 3.63) is 23.8 Å². The fraction of sp³-hybridized carbons (Fsp3) is 0.538. The molecule has 0 fully saturated rings. The average Bonchev–Trinajstić information content (AvgIpc) is 2.24. The van der Waals surface area contributed by atoms with Crippen molar-refractivity contribution in [2.45, 2.75) is 32.8 Å². The zero-order valence-electron chi connectivity index (χ0n) is 10.9. The molecule has 0 radical (unpaired) electrons. The molecule has 4 nitrogen and oxygen atoms in total. The van der Waals surface area contributed by atoms with Crippen molar-refractivity contribution in [3.8, 4) is 0 Å². The van der Waals surface area contributed by atoms with Crippen LogP contribution in [0.25, 0.3) is 0 Å². The quantitative estimate of drug-likeness (QED) is 0.579. The normalized spacial score (nSPS) is 16.1. The third kappa shape index (κ3) is 6.13. The average molecular weight is 296 g/mol. The fourth-order valence-electron chi connectivity index (χ4n) is 1.43. The summed E-state index contributed by atoms with van der Waals surface area (Å²) < 4.78 is 5.33. The standard InChI is InChI=1S/C13H18NO2.Ni.H2O/c1-5-7-11-8-6-9-14(10-11)12(15)16-13(2,3)4;;/h1,5,7H,6,9-10H2,2-4H3;;1H2/q-1;;/p-1/b7-5-;;. The van der Waals surface area contributed by atoms with E-state index in [1.54, 1.807) is 16.0 Å². The van der Waals surface area contributed by atoms with E-state index in [1.807, 2.05) is 26.8 Å². The molecule has 0 aromatic carbocycles. The molecule has 0 saturated heterocycles. The summed E-state index contributed by atoms with van der Waals surface area (Å²) in [5.41, 5.74) is 0.532. The maximum Gasteiger partial charge on any atom is -0.870 e. The van der Waals surface area contributed by atoms with E-state index in [4.69, 9.17) is 4.74 Å². The zero-order chi connectivity index (χ0) is 12.9. The molecule has 0 aliphatic carbocycles. The Kier molecular flexibility index (Phi) is 7.11. The van der Waals surface area contributed by atoms with Gasteiger partial charge in [0.05, 0.1) is 0 Å². The van der Waals surface area contributed by atoms with Gasteiger partial charge in [0.15, 0.2) is 0 Å². The van der Waals surface area contributed by atoms with Gasteiger partial charge in [0.2, 0.25) is 0 Å². The first-order valence-corrected chi connectivity index (χ1v) is 6.13. The summed E-state index contributed by atoms with van der Waals surface area (Å²) in [7, 11) is 0. The summed E-state index contributed by atoms with van der Waals surface area (Å²) in [5, 5.41) is 0. The minimum absolute atomic E-state index is 0. The van der Waals surface area contributed by atoms with Gasteiger partial charge in [-0.3, -0.25) is 0 Å². The van der Waals surface area contributed by atoms with Gasteiger partial charge >= 0.3 is 110 Å². The summed E-state index contributed by atoms with van der Waals surface area (Å²) in [6.07, 6.45) is 7.37. The second kappa shape index (κ2) is 7.50. The number of carbonyl (C=O) groups excluding carboxylic acids is 1. The van der Waals surface area contributed by atoms with E-state index < -0.39 is 5.60 Å². The van der Waals surface area contributed by atoms with Gasteiger partial charge < -0.3 is 5.48 Å². The van der Waals surface area contributed by atoms with E-state index in [-0.39, 0.29) is 11.6 Å². The van der Waals surface area contributed by atoms with Crippen molar-refractivity contribution in [1.82, 2.24) is 4.90 Å². The molecule has 0 atom stereocenters. The maximum absolute atomic E-state index is 11.8. The molecule has 1 amide bonds. The number of nitrogens with zero attached hydrogens (tertiary/aromatic N) is 1. The Morgan fingerprint density at radius 2 is 2.17 bits per heavy atom. The topological polar surface area (TPSA) is 59.5 Å². The summed E-state index contributed by atoms with van der Waals surface area (Å²) in [4.78, 5) is 15.1. The van der Waals surface area contributed by atoms with Crippen LogP contribution in [0.4, 0.5) is 4.79 Å². The molecule has 0 aromatic rings. The monoisotopic (exact) mass is 295 g/mol. The minimum Gasteiger partial charge on any atom is -0.870 e. The molecule has 5 heteroatoms. The van der Waals surface area contributed by atoms with Crippen LogP contribution in [-0.2, 0) is 19.8 Å². The van der Waals surface area contributed by atoms with Crippen LogP contribution in [0, 0.1) is 6.08 Å². The van der Waals surface area contributed by atoms with Gasteiger partial charge in [0.1, 0.15) is 0 Å². The molecule has 0 saturated carbocycles. The van der Waals surface area contributed by atoms with Gasteiger partial charge in [-0.15, -0.1) is 0 Å². The molecule has 1 rings (SSSR count). The van der Waals surface area contributed by atoms with Crippen LogP contribution in [0.5, 0.6) is 0 Å². The van der Waals surface area contributed by atoms with Gasteiger partial charge in [0, 0.05) is 0 Å². The smallest absolute Gasteiger partial charge is 0.870 e. The Morgan fingerprint density at radius 3 is 2.72 bits per heavy atom. The first kappa shape index (κ1) is 17.1. The predicted molar refractivity (Wildman–Crippen MR) is 66.3 cm³/mol. The summed E-state index contributed by atoms with van der Waals surface area (Å²) in [6.45, 7) is 6.80. The van der Waals surface area contributed by atoms with E-state index in [0.29, 0.717) is 13.1 Å². The van der Waals surface area contributed by atoms with Gasteiger partial charge in [-0.2, -0.15) is 0 Å². The minimum atomic E-state index is -0.450. The zero-order valence-corrected chi connectivity index (χ0v) is 11.9. The number of hydrogen-bond donors (Lipinski definition) is 0. The van der Waals surface area contributed by atoms with Crippen LogP contribution < -0.4 is 0 Å². The van der Waals surface area contributed by atoms with Gasteiger partial charge in [-0.05, 0) is 0 Å². The van der Waals surface area contributed by atoms with Crippen LogP contribution in [-0.4, -0.2) is 40.2 Å². The summed E-state index contributed by atoms with van der Waals surface area (Å²) >= 11 is 4.44. The molecular formula is C13H19NNiO3-2. The van der Waals surface area contributed by atoms with Crippen LogP contribution in [0.3, 0.4) is 0 Å². The molecule has 106 valence electrons. The Labute approximate surface area is 116 Å². The largest absolute Gasteiger partial charge is 0.870 e. The third-order valence-corrected chi connectivity index (χ3v) is 2.30. The Bertz CT molecular complexity index is 356. The first-order valence-electron chi connectivity index (χ1n) is 5.56. The van der Waals surface area contributed by atoms with Crippen LogP contribution in [0.15, 0.2) is 17.7 Å². The molecule has 1 N–H and O–H groups in total. The van der Waals surface area contributed by atoms with Crippen molar-refractivity contribution in [3.63, 3.8) is 0 Å². The maximum atomic E-state index is 11.8. The molecule has 18 heavy (non-hydrogen) atoms. The molecule has 1 aliphatic rings.